The topological polar surface area (TPSA) is 78.9 Å². The molecule has 0 radical (unpaired) electrons. The Balaban J connectivity index is 2.02. The molecule has 2 aliphatic heterocycles. The van der Waals surface area contributed by atoms with E-state index in [4.69, 9.17) is 4.74 Å². The fourth-order valence-corrected chi connectivity index (χ4v) is 2.72. The van der Waals surface area contributed by atoms with Crippen LogP contribution in [0.25, 0.3) is 0 Å². The Bertz CT molecular complexity index is 391. The van der Waals surface area contributed by atoms with Gasteiger partial charge < -0.3 is 20.1 Å². The fourth-order valence-electron chi connectivity index (χ4n) is 2.72. The maximum atomic E-state index is 12.0. The molecule has 2 fully saturated rings. The van der Waals surface area contributed by atoms with Gasteiger partial charge in [0, 0.05) is 19.6 Å². The van der Waals surface area contributed by atoms with Gasteiger partial charge in [-0.25, -0.2) is 4.79 Å². The first kappa shape index (κ1) is 14.1. The van der Waals surface area contributed by atoms with Gasteiger partial charge in [0.15, 0.2) is 0 Å². The van der Waals surface area contributed by atoms with E-state index in [0.717, 1.165) is 0 Å². The van der Waals surface area contributed by atoms with E-state index in [1.54, 1.807) is 4.90 Å². The molecular weight excluding hydrogens is 248 g/mol. The average molecular weight is 270 g/mol. The van der Waals surface area contributed by atoms with Crippen molar-refractivity contribution in [1.82, 2.24) is 10.2 Å². The number of ether oxygens (including phenoxy) is 1. The molecular formula is C13H22N2O4. The van der Waals surface area contributed by atoms with Gasteiger partial charge in [0.1, 0.15) is 5.60 Å². The number of rotatable bonds is 0. The lowest BCUT2D eigenvalue weighted by atomic mass is 9.78. The fraction of sp³-hybridized carbons (Fsp3) is 0.846. The Morgan fingerprint density at radius 2 is 2.21 bits per heavy atom. The van der Waals surface area contributed by atoms with Gasteiger partial charge in [-0.2, -0.15) is 0 Å². The van der Waals surface area contributed by atoms with E-state index in [1.165, 1.54) is 0 Å². The molecule has 2 N–H and O–H groups in total. The number of aliphatic hydroxyl groups is 1. The summed E-state index contributed by atoms with van der Waals surface area (Å²) < 4.78 is 5.31. The zero-order valence-electron chi connectivity index (χ0n) is 11.7. The van der Waals surface area contributed by atoms with Gasteiger partial charge in [-0.05, 0) is 33.6 Å². The summed E-state index contributed by atoms with van der Waals surface area (Å²) in [6.45, 7) is 6.56. The summed E-state index contributed by atoms with van der Waals surface area (Å²) in [5, 5.41) is 12.4. The van der Waals surface area contributed by atoms with Crippen LogP contribution >= 0.6 is 0 Å². The van der Waals surface area contributed by atoms with Gasteiger partial charge >= 0.3 is 6.09 Å². The van der Waals surface area contributed by atoms with Gasteiger partial charge in [0.2, 0.25) is 5.91 Å². The maximum absolute atomic E-state index is 12.0. The molecule has 108 valence electrons. The summed E-state index contributed by atoms with van der Waals surface area (Å²) in [6.07, 6.45) is 0.0707. The van der Waals surface area contributed by atoms with Crippen molar-refractivity contribution in [3.8, 4) is 0 Å². The monoisotopic (exact) mass is 270 g/mol. The number of hydrogen-bond donors (Lipinski definition) is 2. The summed E-state index contributed by atoms with van der Waals surface area (Å²) in [4.78, 5) is 25.6. The highest BCUT2D eigenvalue weighted by molar-refractivity contribution is 5.85. The zero-order chi connectivity index (χ0) is 14.3. The molecule has 2 amide bonds. The second-order valence-electron chi connectivity index (χ2n) is 6.50. The van der Waals surface area contributed by atoms with Crippen LogP contribution in [0.4, 0.5) is 4.79 Å². The molecule has 0 aromatic carbocycles. The summed E-state index contributed by atoms with van der Waals surface area (Å²) in [5.74, 6) is -0.0659. The first-order valence-corrected chi connectivity index (χ1v) is 6.66. The second-order valence-corrected chi connectivity index (χ2v) is 6.50. The third-order valence-electron chi connectivity index (χ3n) is 3.61. The standard InChI is InChI=1S/C13H22N2O4/c1-12(2,3)19-11(18)15-5-4-13(8-15)6-9(16)7-14-10(13)17/h9,16H,4-8H2,1-3H3,(H,14,17)/t9-,13-/m0/s1. The van der Waals surface area contributed by atoms with Crippen molar-refractivity contribution in [1.29, 1.82) is 0 Å². The smallest absolute Gasteiger partial charge is 0.410 e. The Morgan fingerprint density at radius 3 is 2.84 bits per heavy atom. The number of likely N-dealkylation sites (tertiary alicyclic amines) is 1. The number of nitrogens with zero attached hydrogens (tertiary/aromatic N) is 1. The van der Waals surface area contributed by atoms with Crippen molar-refractivity contribution >= 4 is 12.0 Å². The SMILES string of the molecule is CC(C)(C)OC(=O)N1CC[C@]2(C[C@H](O)CNC2=O)C1. The molecule has 6 nitrogen and oxygen atoms in total. The molecule has 0 unspecified atom stereocenters. The molecule has 0 aromatic heterocycles. The van der Waals surface area contributed by atoms with Crippen LogP contribution in [0.5, 0.6) is 0 Å². The molecule has 2 rings (SSSR count). The number of carbonyl (C=O) groups is 2. The van der Waals surface area contributed by atoms with Crippen LogP contribution in [0.2, 0.25) is 0 Å². The van der Waals surface area contributed by atoms with Crippen molar-refractivity contribution in [3.63, 3.8) is 0 Å². The highest BCUT2D eigenvalue weighted by Gasteiger charge is 2.49. The first-order chi connectivity index (χ1) is 8.72. The Hall–Kier alpha value is -1.30. The second kappa shape index (κ2) is 4.67. The third kappa shape index (κ3) is 3.00. The minimum Gasteiger partial charge on any atom is -0.444 e. The first-order valence-electron chi connectivity index (χ1n) is 6.66. The number of carbonyl (C=O) groups excluding carboxylic acids is 2. The quantitative estimate of drug-likeness (QED) is 0.671. The lowest BCUT2D eigenvalue weighted by Gasteiger charge is -2.35. The zero-order valence-corrected chi connectivity index (χ0v) is 11.7. The van der Waals surface area contributed by atoms with E-state index in [-0.39, 0.29) is 5.91 Å². The third-order valence-corrected chi connectivity index (χ3v) is 3.61. The lowest BCUT2D eigenvalue weighted by Crippen LogP contribution is -2.53. The van der Waals surface area contributed by atoms with Crippen molar-refractivity contribution < 1.29 is 19.4 Å². The van der Waals surface area contributed by atoms with E-state index in [2.05, 4.69) is 5.32 Å². The van der Waals surface area contributed by atoms with Crippen LogP contribution in [-0.2, 0) is 9.53 Å². The molecule has 6 heteroatoms. The maximum Gasteiger partial charge on any atom is 0.410 e. The Morgan fingerprint density at radius 1 is 1.53 bits per heavy atom. The van der Waals surface area contributed by atoms with Crippen LogP contribution < -0.4 is 5.32 Å². The minimum absolute atomic E-state index is 0.0659. The molecule has 2 atom stereocenters. The molecule has 2 heterocycles. The van der Waals surface area contributed by atoms with Crippen molar-refractivity contribution in [2.45, 2.75) is 45.3 Å². The van der Waals surface area contributed by atoms with E-state index >= 15 is 0 Å². The van der Waals surface area contributed by atoms with Crippen LogP contribution in [0.1, 0.15) is 33.6 Å². The molecule has 2 aliphatic rings. The van der Waals surface area contributed by atoms with Crippen molar-refractivity contribution in [2.24, 2.45) is 5.41 Å². The normalized spacial score (nSPS) is 31.5. The van der Waals surface area contributed by atoms with E-state index in [9.17, 15) is 14.7 Å². The minimum atomic E-state index is -0.644. The van der Waals surface area contributed by atoms with Gasteiger partial charge in [0.05, 0.1) is 11.5 Å². The van der Waals surface area contributed by atoms with Gasteiger partial charge in [-0.15, -0.1) is 0 Å². The highest BCUT2D eigenvalue weighted by Crippen LogP contribution is 2.37. The summed E-state index contributed by atoms with van der Waals surface area (Å²) in [6, 6.07) is 0. The van der Waals surface area contributed by atoms with Gasteiger partial charge in [-0.1, -0.05) is 0 Å². The lowest BCUT2D eigenvalue weighted by molar-refractivity contribution is -0.136. The average Bonchev–Trinajstić information content (AvgIpc) is 2.67. The molecule has 0 aromatic rings. The van der Waals surface area contributed by atoms with Crippen LogP contribution in [0, 0.1) is 5.41 Å². The Kier molecular flexibility index (Phi) is 3.47. The predicted molar refractivity (Wildman–Crippen MR) is 68.5 cm³/mol. The predicted octanol–water partition coefficient (Wildman–Crippen LogP) is 0.494. The van der Waals surface area contributed by atoms with Crippen LogP contribution in [0.15, 0.2) is 0 Å². The number of nitrogens with one attached hydrogen (secondary N) is 1. The molecule has 0 bridgehead atoms. The molecule has 19 heavy (non-hydrogen) atoms. The molecule has 1 spiro atoms. The van der Waals surface area contributed by atoms with Crippen molar-refractivity contribution in [2.75, 3.05) is 19.6 Å². The van der Waals surface area contributed by atoms with E-state index < -0.39 is 23.2 Å². The number of aliphatic hydroxyl groups excluding tert-OH is 1. The number of amides is 2. The summed E-state index contributed by atoms with van der Waals surface area (Å²) in [5.41, 5.74) is -1.18. The number of piperidine rings is 1. The molecule has 0 saturated carbocycles. The molecule has 2 saturated heterocycles. The van der Waals surface area contributed by atoms with Crippen LogP contribution in [0.3, 0.4) is 0 Å². The molecule has 0 aliphatic carbocycles. The van der Waals surface area contributed by atoms with Crippen LogP contribution in [-0.4, -0.2) is 53.3 Å². The highest BCUT2D eigenvalue weighted by atomic mass is 16.6. The van der Waals surface area contributed by atoms with Crippen molar-refractivity contribution in [3.05, 3.63) is 0 Å². The number of hydrogen-bond acceptors (Lipinski definition) is 4. The van der Waals surface area contributed by atoms with Gasteiger partial charge in [0.25, 0.3) is 0 Å². The van der Waals surface area contributed by atoms with E-state index in [1.807, 2.05) is 20.8 Å². The number of β-amino-alcohol motifs (C(OH)–C–C–N with tert-alkyl or cyclic N) is 1. The summed E-state index contributed by atoms with van der Waals surface area (Å²) in [7, 11) is 0. The van der Waals surface area contributed by atoms with E-state index in [0.29, 0.717) is 32.5 Å². The Labute approximate surface area is 113 Å². The summed E-state index contributed by atoms with van der Waals surface area (Å²) >= 11 is 0. The van der Waals surface area contributed by atoms with Gasteiger partial charge in [-0.3, -0.25) is 4.79 Å². The largest absolute Gasteiger partial charge is 0.444 e.